The summed E-state index contributed by atoms with van der Waals surface area (Å²) in [5.41, 5.74) is 2.69. The molecular formula is C6H9NOS. The fourth-order valence-corrected chi connectivity index (χ4v) is 1.46. The van der Waals surface area contributed by atoms with Gasteiger partial charge >= 0.3 is 0 Å². The highest BCUT2D eigenvalue weighted by Gasteiger charge is 2.05. The van der Waals surface area contributed by atoms with Crippen LogP contribution in [-0.2, 0) is 0 Å². The Morgan fingerprint density at radius 2 is 2.44 bits per heavy atom. The van der Waals surface area contributed by atoms with Crippen molar-refractivity contribution in [3.05, 3.63) is 16.1 Å². The number of thiazole rings is 1. The number of aromatic nitrogens is 1. The quantitative estimate of drug-likeness (QED) is 0.646. The molecule has 0 spiro atoms. The van der Waals surface area contributed by atoms with E-state index in [1.165, 1.54) is 11.3 Å². The van der Waals surface area contributed by atoms with E-state index in [1.54, 1.807) is 12.4 Å². The van der Waals surface area contributed by atoms with E-state index in [-0.39, 0.29) is 6.10 Å². The topological polar surface area (TPSA) is 33.1 Å². The molecule has 1 N–H and O–H groups in total. The molecule has 0 saturated heterocycles. The lowest BCUT2D eigenvalue weighted by atomic mass is 10.3. The van der Waals surface area contributed by atoms with Gasteiger partial charge < -0.3 is 5.11 Å². The summed E-state index contributed by atoms with van der Waals surface area (Å²) in [4.78, 5) is 4.96. The van der Waals surface area contributed by atoms with Gasteiger partial charge in [0.2, 0.25) is 0 Å². The Kier molecular flexibility index (Phi) is 1.83. The van der Waals surface area contributed by atoms with Gasteiger partial charge in [-0.1, -0.05) is 0 Å². The first-order valence-electron chi connectivity index (χ1n) is 2.80. The van der Waals surface area contributed by atoms with Crippen LogP contribution in [0.25, 0.3) is 0 Å². The maximum atomic E-state index is 9.06. The van der Waals surface area contributed by atoms with Crippen molar-refractivity contribution in [2.24, 2.45) is 0 Å². The van der Waals surface area contributed by atoms with Crippen LogP contribution in [0.3, 0.4) is 0 Å². The first-order chi connectivity index (χ1) is 4.22. The standard InChI is InChI=1S/C6H9NOS/c1-4-6(5(2)8)9-3-7-4/h3,5,8H,1-2H3/t5-/m0/s1. The largest absolute Gasteiger partial charge is 0.388 e. The van der Waals surface area contributed by atoms with E-state index in [1.807, 2.05) is 6.92 Å². The molecule has 1 aromatic heterocycles. The highest BCUT2D eigenvalue weighted by Crippen LogP contribution is 2.19. The van der Waals surface area contributed by atoms with Crippen molar-refractivity contribution >= 4 is 11.3 Å². The van der Waals surface area contributed by atoms with Gasteiger partial charge in [-0.2, -0.15) is 0 Å². The first kappa shape index (κ1) is 6.71. The Bertz CT molecular complexity index is 195. The van der Waals surface area contributed by atoms with Gasteiger partial charge in [0.1, 0.15) is 0 Å². The van der Waals surface area contributed by atoms with Crippen LogP contribution in [0.15, 0.2) is 5.51 Å². The van der Waals surface area contributed by atoms with Crippen molar-refractivity contribution in [2.75, 3.05) is 0 Å². The molecule has 0 radical (unpaired) electrons. The molecule has 0 aliphatic rings. The van der Waals surface area contributed by atoms with E-state index in [0.717, 1.165) is 10.6 Å². The molecule has 0 saturated carbocycles. The summed E-state index contributed by atoms with van der Waals surface area (Å²) in [6.07, 6.45) is -0.363. The Hall–Kier alpha value is -0.410. The maximum Gasteiger partial charge on any atom is 0.0872 e. The minimum absolute atomic E-state index is 0.363. The highest BCUT2D eigenvalue weighted by atomic mass is 32.1. The zero-order chi connectivity index (χ0) is 6.85. The Morgan fingerprint density at radius 3 is 2.67 bits per heavy atom. The van der Waals surface area contributed by atoms with Crippen LogP contribution in [-0.4, -0.2) is 10.1 Å². The molecule has 0 aromatic carbocycles. The molecule has 1 atom stereocenters. The average Bonchev–Trinajstić information content (AvgIpc) is 2.13. The van der Waals surface area contributed by atoms with Gasteiger partial charge in [-0.25, -0.2) is 4.98 Å². The zero-order valence-corrected chi connectivity index (χ0v) is 6.27. The first-order valence-corrected chi connectivity index (χ1v) is 3.68. The van der Waals surface area contributed by atoms with E-state index in [0.29, 0.717) is 0 Å². The molecule has 0 fully saturated rings. The summed E-state index contributed by atoms with van der Waals surface area (Å²) in [5, 5.41) is 9.06. The second-order valence-corrected chi connectivity index (χ2v) is 2.86. The van der Waals surface area contributed by atoms with E-state index >= 15 is 0 Å². The molecule has 1 rings (SSSR count). The molecular weight excluding hydrogens is 134 g/mol. The molecule has 1 heterocycles. The van der Waals surface area contributed by atoms with Gasteiger partial charge in [0.15, 0.2) is 0 Å². The third-order valence-corrected chi connectivity index (χ3v) is 2.26. The van der Waals surface area contributed by atoms with Gasteiger partial charge in [0, 0.05) is 0 Å². The zero-order valence-electron chi connectivity index (χ0n) is 5.46. The lowest BCUT2D eigenvalue weighted by Gasteiger charge is -1.98. The van der Waals surface area contributed by atoms with Crippen LogP contribution >= 0.6 is 11.3 Å². The number of aliphatic hydroxyl groups excluding tert-OH is 1. The summed E-state index contributed by atoms with van der Waals surface area (Å²) in [6.45, 7) is 3.65. The summed E-state index contributed by atoms with van der Waals surface area (Å²) in [6, 6.07) is 0. The minimum atomic E-state index is -0.363. The highest BCUT2D eigenvalue weighted by molar-refractivity contribution is 7.09. The lowest BCUT2D eigenvalue weighted by Crippen LogP contribution is -1.88. The SMILES string of the molecule is Cc1ncsc1[C@H](C)O. The number of aliphatic hydroxyl groups is 1. The molecule has 0 aliphatic heterocycles. The number of hydrogen-bond donors (Lipinski definition) is 1. The summed E-state index contributed by atoms with van der Waals surface area (Å²) in [7, 11) is 0. The van der Waals surface area contributed by atoms with Crippen LogP contribution in [0.2, 0.25) is 0 Å². The van der Waals surface area contributed by atoms with Gasteiger partial charge in [-0.3, -0.25) is 0 Å². The second kappa shape index (κ2) is 2.45. The van der Waals surface area contributed by atoms with E-state index < -0.39 is 0 Å². The molecule has 2 nitrogen and oxygen atoms in total. The number of hydrogen-bond acceptors (Lipinski definition) is 3. The van der Waals surface area contributed by atoms with E-state index in [2.05, 4.69) is 4.98 Å². The average molecular weight is 143 g/mol. The Labute approximate surface area is 58.2 Å². The molecule has 0 aliphatic carbocycles. The van der Waals surface area contributed by atoms with Crippen molar-refractivity contribution in [1.29, 1.82) is 0 Å². The molecule has 1 aromatic rings. The molecule has 3 heteroatoms. The van der Waals surface area contributed by atoms with Crippen LogP contribution in [0, 0.1) is 6.92 Å². The smallest absolute Gasteiger partial charge is 0.0872 e. The molecule has 9 heavy (non-hydrogen) atoms. The van der Waals surface area contributed by atoms with Crippen molar-refractivity contribution in [1.82, 2.24) is 4.98 Å². The predicted octanol–water partition coefficient (Wildman–Crippen LogP) is 1.50. The second-order valence-electron chi connectivity index (χ2n) is 1.98. The summed E-state index contributed by atoms with van der Waals surface area (Å²) < 4.78 is 0. The van der Waals surface area contributed by atoms with Crippen molar-refractivity contribution in [3.8, 4) is 0 Å². The van der Waals surface area contributed by atoms with E-state index in [9.17, 15) is 0 Å². The van der Waals surface area contributed by atoms with Gasteiger partial charge in [-0.15, -0.1) is 11.3 Å². The van der Waals surface area contributed by atoms with Gasteiger partial charge in [0.05, 0.1) is 22.2 Å². The third kappa shape index (κ3) is 1.28. The number of nitrogens with zero attached hydrogens (tertiary/aromatic N) is 1. The van der Waals surface area contributed by atoms with Crippen LogP contribution < -0.4 is 0 Å². The fourth-order valence-electron chi connectivity index (χ4n) is 0.712. The molecule has 50 valence electrons. The van der Waals surface area contributed by atoms with E-state index in [4.69, 9.17) is 5.11 Å². The maximum absolute atomic E-state index is 9.06. The van der Waals surface area contributed by atoms with Crippen LogP contribution in [0.5, 0.6) is 0 Å². The monoisotopic (exact) mass is 143 g/mol. The van der Waals surface area contributed by atoms with Crippen LogP contribution in [0.1, 0.15) is 23.6 Å². The van der Waals surface area contributed by atoms with Crippen molar-refractivity contribution in [3.63, 3.8) is 0 Å². The Morgan fingerprint density at radius 1 is 1.78 bits per heavy atom. The minimum Gasteiger partial charge on any atom is -0.388 e. The van der Waals surface area contributed by atoms with Crippen molar-refractivity contribution < 1.29 is 5.11 Å². The molecule has 0 amide bonds. The third-order valence-electron chi connectivity index (χ3n) is 1.16. The fraction of sp³-hybridized carbons (Fsp3) is 0.500. The molecule has 0 bridgehead atoms. The lowest BCUT2D eigenvalue weighted by molar-refractivity contribution is 0.202. The summed E-state index contributed by atoms with van der Waals surface area (Å²) in [5.74, 6) is 0. The number of rotatable bonds is 1. The predicted molar refractivity (Wildman–Crippen MR) is 37.5 cm³/mol. The van der Waals surface area contributed by atoms with Gasteiger partial charge in [-0.05, 0) is 13.8 Å². The summed E-state index contributed by atoms with van der Waals surface area (Å²) >= 11 is 1.50. The van der Waals surface area contributed by atoms with Crippen LogP contribution in [0.4, 0.5) is 0 Å². The van der Waals surface area contributed by atoms with Crippen molar-refractivity contribution in [2.45, 2.75) is 20.0 Å². The Balaban J connectivity index is 2.94. The molecule has 0 unspecified atom stereocenters. The normalized spacial score (nSPS) is 13.7. The van der Waals surface area contributed by atoms with Gasteiger partial charge in [0.25, 0.3) is 0 Å². The number of aryl methyl sites for hydroxylation is 1.